The summed E-state index contributed by atoms with van der Waals surface area (Å²) in [7, 11) is 2.15. The quantitative estimate of drug-likeness (QED) is 0.893. The Labute approximate surface area is 107 Å². The Morgan fingerprint density at radius 3 is 2.76 bits per heavy atom. The van der Waals surface area contributed by atoms with Crippen molar-refractivity contribution in [1.82, 2.24) is 4.90 Å². The van der Waals surface area contributed by atoms with Crippen molar-refractivity contribution in [1.29, 1.82) is 0 Å². The lowest BCUT2D eigenvalue weighted by atomic mass is 9.97. The SMILES string of the molecule is CN1CCC(CNc2ccc(F)cc2Cl)CC1. The summed E-state index contributed by atoms with van der Waals surface area (Å²) >= 11 is 5.96. The van der Waals surface area contributed by atoms with Crippen molar-refractivity contribution >= 4 is 17.3 Å². The Bertz CT molecular complexity index is 376. The van der Waals surface area contributed by atoms with E-state index in [2.05, 4.69) is 17.3 Å². The summed E-state index contributed by atoms with van der Waals surface area (Å²) in [6.45, 7) is 3.23. The van der Waals surface area contributed by atoms with Crippen molar-refractivity contribution < 1.29 is 4.39 Å². The van der Waals surface area contributed by atoms with Crippen LogP contribution in [0.5, 0.6) is 0 Å². The maximum atomic E-state index is 12.9. The molecule has 2 rings (SSSR count). The predicted octanol–water partition coefficient (Wildman–Crippen LogP) is 3.23. The molecule has 1 N–H and O–H groups in total. The Morgan fingerprint density at radius 2 is 2.12 bits per heavy atom. The van der Waals surface area contributed by atoms with Gasteiger partial charge in [0, 0.05) is 6.54 Å². The molecule has 0 radical (unpaired) electrons. The van der Waals surface area contributed by atoms with E-state index in [4.69, 9.17) is 11.6 Å². The van der Waals surface area contributed by atoms with Crippen LogP contribution in [0, 0.1) is 11.7 Å². The van der Waals surface area contributed by atoms with Crippen molar-refractivity contribution in [2.45, 2.75) is 12.8 Å². The third-order valence-corrected chi connectivity index (χ3v) is 3.66. The van der Waals surface area contributed by atoms with Crippen molar-refractivity contribution in [3.8, 4) is 0 Å². The number of likely N-dealkylation sites (tertiary alicyclic amines) is 1. The molecule has 17 heavy (non-hydrogen) atoms. The second-order valence-electron chi connectivity index (χ2n) is 4.75. The maximum Gasteiger partial charge on any atom is 0.124 e. The normalized spacial score (nSPS) is 18.3. The van der Waals surface area contributed by atoms with E-state index >= 15 is 0 Å². The average molecular weight is 257 g/mol. The van der Waals surface area contributed by atoms with Crippen LogP contribution in [-0.2, 0) is 0 Å². The minimum absolute atomic E-state index is 0.292. The van der Waals surface area contributed by atoms with Gasteiger partial charge in [-0.25, -0.2) is 4.39 Å². The molecule has 1 aliphatic heterocycles. The average Bonchev–Trinajstić information content (AvgIpc) is 2.30. The van der Waals surface area contributed by atoms with Gasteiger partial charge in [0.25, 0.3) is 0 Å². The standard InChI is InChI=1S/C13H18ClFN2/c1-17-6-4-10(5-7-17)9-16-13-3-2-11(15)8-12(13)14/h2-3,8,10,16H,4-7,9H2,1H3. The van der Waals surface area contributed by atoms with Crippen LogP contribution >= 0.6 is 11.6 Å². The van der Waals surface area contributed by atoms with Crippen LogP contribution in [0.1, 0.15) is 12.8 Å². The minimum Gasteiger partial charge on any atom is -0.384 e. The molecule has 1 aromatic rings. The summed E-state index contributed by atoms with van der Waals surface area (Å²) in [6, 6.07) is 4.48. The van der Waals surface area contributed by atoms with Gasteiger partial charge in [-0.1, -0.05) is 11.6 Å². The van der Waals surface area contributed by atoms with Gasteiger partial charge in [0.2, 0.25) is 0 Å². The molecule has 1 aliphatic rings. The van der Waals surface area contributed by atoms with Crippen molar-refractivity contribution in [3.63, 3.8) is 0 Å². The maximum absolute atomic E-state index is 12.9. The zero-order valence-corrected chi connectivity index (χ0v) is 10.8. The number of nitrogens with one attached hydrogen (secondary N) is 1. The van der Waals surface area contributed by atoms with Crippen molar-refractivity contribution in [3.05, 3.63) is 29.0 Å². The molecule has 2 nitrogen and oxygen atoms in total. The first-order chi connectivity index (χ1) is 8.15. The van der Waals surface area contributed by atoms with Crippen molar-refractivity contribution in [2.24, 2.45) is 5.92 Å². The van der Waals surface area contributed by atoms with Gasteiger partial charge in [-0.05, 0) is 57.1 Å². The number of halogens is 2. The fourth-order valence-corrected chi connectivity index (χ4v) is 2.39. The van der Waals surface area contributed by atoms with Crippen LogP contribution in [0.15, 0.2) is 18.2 Å². The lowest BCUT2D eigenvalue weighted by Crippen LogP contribution is -2.32. The molecule has 1 aromatic carbocycles. The van der Waals surface area contributed by atoms with Crippen LogP contribution in [0.3, 0.4) is 0 Å². The van der Waals surface area contributed by atoms with Gasteiger partial charge >= 0.3 is 0 Å². The molecule has 0 aliphatic carbocycles. The molecule has 94 valence electrons. The van der Waals surface area contributed by atoms with E-state index in [-0.39, 0.29) is 5.82 Å². The van der Waals surface area contributed by atoms with Crippen LogP contribution in [0.2, 0.25) is 5.02 Å². The lowest BCUT2D eigenvalue weighted by Gasteiger charge is -2.29. The lowest BCUT2D eigenvalue weighted by molar-refractivity contribution is 0.226. The fourth-order valence-electron chi connectivity index (χ4n) is 2.15. The third kappa shape index (κ3) is 3.58. The first-order valence-electron chi connectivity index (χ1n) is 6.02. The molecule has 0 unspecified atom stereocenters. The number of nitrogens with zero attached hydrogens (tertiary/aromatic N) is 1. The second kappa shape index (κ2) is 5.69. The molecular weight excluding hydrogens is 239 g/mol. The fraction of sp³-hybridized carbons (Fsp3) is 0.538. The van der Waals surface area contributed by atoms with Crippen LogP contribution < -0.4 is 5.32 Å². The van der Waals surface area contributed by atoms with Crippen molar-refractivity contribution in [2.75, 3.05) is 32.0 Å². The van der Waals surface area contributed by atoms with E-state index < -0.39 is 0 Å². The largest absolute Gasteiger partial charge is 0.384 e. The summed E-state index contributed by atoms with van der Waals surface area (Å²) < 4.78 is 12.9. The number of benzene rings is 1. The van der Waals surface area contributed by atoms with Gasteiger partial charge in [0.1, 0.15) is 5.82 Å². The van der Waals surface area contributed by atoms with Gasteiger partial charge in [0.05, 0.1) is 10.7 Å². The van der Waals surface area contributed by atoms with Gasteiger partial charge in [-0.2, -0.15) is 0 Å². The molecule has 0 saturated carbocycles. The van der Waals surface area contributed by atoms with E-state index in [0.717, 1.165) is 25.3 Å². The summed E-state index contributed by atoms with van der Waals surface area (Å²) in [5.41, 5.74) is 0.826. The molecule has 0 spiro atoms. The first-order valence-corrected chi connectivity index (χ1v) is 6.40. The van der Waals surface area contributed by atoms with Gasteiger partial charge in [-0.15, -0.1) is 0 Å². The van der Waals surface area contributed by atoms with E-state index in [1.807, 2.05) is 0 Å². The highest BCUT2D eigenvalue weighted by molar-refractivity contribution is 6.33. The Balaban J connectivity index is 1.85. The molecule has 1 saturated heterocycles. The summed E-state index contributed by atoms with van der Waals surface area (Å²) in [5.74, 6) is 0.396. The topological polar surface area (TPSA) is 15.3 Å². The second-order valence-corrected chi connectivity index (χ2v) is 5.16. The number of piperidine rings is 1. The van der Waals surface area contributed by atoms with E-state index in [1.54, 1.807) is 6.07 Å². The Kier molecular flexibility index (Phi) is 4.24. The van der Waals surface area contributed by atoms with Gasteiger partial charge in [0.15, 0.2) is 0 Å². The van der Waals surface area contributed by atoms with E-state index in [1.165, 1.54) is 25.0 Å². The van der Waals surface area contributed by atoms with Gasteiger partial charge < -0.3 is 10.2 Å². The highest BCUT2D eigenvalue weighted by atomic mass is 35.5. The molecular formula is C13H18ClFN2. The Morgan fingerprint density at radius 1 is 1.41 bits per heavy atom. The summed E-state index contributed by atoms with van der Waals surface area (Å²) in [6.07, 6.45) is 2.42. The van der Waals surface area contributed by atoms with Crippen LogP contribution in [-0.4, -0.2) is 31.6 Å². The molecule has 1 heterocycles. The molecule has 4 heteroatoms. The number of anilines is 1. The smallest absolute Gasteiger partial charge is 0.124 e. The summed E-state index contributed by atoms with van der Waals surface area (Å²) in [5, 5.41) is 3.76. The molecule has 0 aromatic heterocycles. The molecule has 0 atom stereocenters. The highest BCUT2D eigenvalue weighted by Crippen LogP contribution is 2.24. The van der Waals surface area contributed by atoms with E-state index in [9.17, 15) is 4.39 Å². The molecule has 0 bridgehead atoms. The van der Waals surface area contributed by atoms with Crippen LogP contribution in [0.4, 0.5) is 10.1 Å². The highest BCUT2D eigenvalue weighted by Gasteiger charge is 2.16. The van der Waals surface area contributed by atoms with Crippen LogP contribution in [0.25, 0.3) is 0 Å². The number of rotatable bonds is 3. The number of hydrogen-bond acceptors (Lipinski definition) is 2. The Hall–Kier alpha value is -0.800. The first kappa shape index (κ1) is 12.7. The zero-order valence-electron chi connectivity index (χ0n) is 10.0. The minimum atomic E-state index is -0.292. The zero-order chi connectivity index (χ0) is 12.3. The molecule has 0 amide bonds. The third-order valence-electron chi connectivity index (χ3n) is 3.35. The van der Waals surface area contributed by atoms with E-state index in [0.29, 0.717) is 10.9 Å². The molecule has 1 fully saturated rings. The van der Waals surface area contributed by atoms with Gasteiger partial charge in [-0.3, -0.25) is 0 Å². The number of hydrogen-bond donors (Lipinski definition) is 1. The summed E-state index contributed by atoms with van der Waals surface area (Å²) in [4.78, 5) is 2.35. The monoisotopic (exact) mass is 256 g/mol. The predicted molar refractivity (Wildman–Crippen MR) is 70.1 cm³/mol.